The Morgan fingerprint density at radius 1 is 1.25 bits per heavy atom. The zero-order valence-electron chi connectivity index (χ0n) is 11.2. The maximum atomic E-state index is 13.7. The average Bonchev–Trinajstić information content (AvgIpc) is 2.43. The Bertz CT molecular complexity index is 653. The summed E-state index contributed by atoms with van der Waals surface area (Å²) in [5.74, 6) is -0.186. The SMILES string of the molecule is CCOc1ccc(C(=O)c2cc(C)ccc2F)cc1Br. The van der Waals surface area contributed by atoms with E-state index in [4.69, 9.17) is 4.74 Å². The molecule has 0 atom stereocenters. The summed E-state index contributed by atoms with van der Waals surface area (Å²) in [5.41, 5.74) is 1.35. The maximum Gasteiger partial charge on any atom is 0.196 e. The number of ether oxygens (including phenoxy) is 1. The first-order valence-electron chi connectivity index (χ1n) is 6.26. The summed E-state index contributed by atoms with van der Waals surface area (Å²) in [6.45, 7) is 4.25. The van der Waals surface area contributed by atoms with Crippen LogP contribution >= 0.6 is 15.9 Å². The van der Waals surface area contributed by atoms with Crippen molar-refractivity contribution >= 4 is 21.7 Å². The highest BCUT2D eigenvalue weighted by atomic mass is 79.9. The van der Waals surface area contributed by atoms with Crippen LogP contribution < -0.4 is 4.74 Å². The molecule has 0 saturated heterocycles. The van der Waals surface area contributed by atoms with Gasteiger partial charge in [-0.3, -0.25) is 4.79 Å². The largest absolute Gasteiger partial charge is 0.493 e. The smallest absolute Gasteiger partial charge is 0.196 e. The Labute approximate surface area is 125 Å². The number of ketones is 1. The second-order valence-electron chi connectivity index (χ2n) is 4.39. The normalized spacial score (nSPS) is 10.4. The molecule has 104 valence electrons. The monoisotopic (exact) mass is 336 g/mol. The van der Waals surface area contributed by atoms with E-state index in [9.17, 15) is 9.18 Å². The summed E-state index contributed by atoms with van der Waals surface area (Å²) < 4.78 is 19.8. The number of carbonyl (C=O) groups is 1. The second kappa shape index (κ2) is 6.18. The van der Waals surface area contributed by atoms with E-state index < -0.39 is 5.82 Å². The first kappa shape index (κ1) is 14.7. The molecule has 2 aromatic rings. The number of rotatable bonds is 4. The topological polar surface area (TPSA) is 26.3 Å². The Morgan fingerprint density at radius 3 is 2.65 bits per heavy atom. The van der Waals surface area contributed by atoms with E-state index in [1.807, 2.05) is 13.8 Å². The molecule has 2 nitrogen and oxygen atoms in total. The van der Waals surface area contributed by atoms with Crippen LogP contribution in [-0.2, 0) is 0 Å². The third kappa shape index (κ3) is 3.07. The molecular formula is C16H14BrFO2. The summed E-state index contributed by atoms with van der Waals surface area (Å²) >= 11 is 3.35. The minimum atomic E-state index is -0.509. The lowest BCUT2D eigenvalue weighted by molar-refractivity contribution is 0.103. The number of carbonyl (C=O) groups excluding carboxylic acids is 1. The summed E-state index contributed by atoms with van der Waals surface area (Å²) in [7, 11) is 0. The van der Waals surface area contributed by atoms with Crippen molar-refractivity contribution in [1.82, 2.24) is 0 Å². The van der Waals surface area contributed by atoms with E-state index in [0.29, 0.717) is 22.4 Å². The second-order valence-corrected chi connectivity index (χ2v) is 5.24. The molecule has 0 radical (unpaired) electrons. The zero-order valence-corrected chi connectivity index (χ0v) is 12.8. The van der Waals surface area contributed by atoms with Gasteiger partial charge in [-0.05, 0) is 60.1 Å². The molecule has 4 heteroatoms. The van der Waals surface area contributed by atoms with Crippen LogP contribution in [0.2, 0.25) is 0 Å². The lowest BCUT2D eigenvalue weighted by Gasteiger charge is -2.08. The van der Waals surface area contributed by atoms with Crippen LogP contribution in [0, 0.1) is 12.7 Å². The Kier molecular flexibility index (Phi) is 4.55. The average molecular weight is 337 g/mol. The van der Waals surface area contributed by atoms with Crippen LogP contribution in [0.1, 0.15) is 28.4 Å². The fourth-order valence-corrected chi connectivity index (χ4v) is 2.38. The van der Waals surface area contributed by atoms with Gasteiger partial charge in [0.05, 0.1) is 16.6 Å². The van der Waals surface area contributed by atoms with Gasteiger partial charge in [-0.1, -0.05) is 11.6 Å². The standard InChI is InChI=1S/C16H14BrFO2/c1-3-20-15-7-5-11(9-13(15)17)16(19)12-8-10(2)4-6-14(12)18/h4-9H,3H2,1-2H3. The molecule has 2 rings (SSSR count). The van der Waals surface area contributed by atoms with Crippen LogP contribution in [0.15, 0.2) is 40.9 Å². The van der Waals surface area contributed by atoms with Gasteiger partial charge in [-0.2, -0.15) is 0 Å². The van der Waals surface area contributed by atoms with Crippen LogP contribution in [0.4, 0.5) is 4.39 Å². The van der Waals surface area contributed by atoms with Crippen molar-refractivity contribution in [2.24, 2.45) is 0 Å². The number of hydrogen-bond donors (Lipinski definition) is 0. The quantitative estimate of drug-likeness (QED) is 0.767. The van der Waals surface area contributed by atoms with Crippen molar-refractivity contribution in [1.29, 1.82) is 0 Å². The van der Waals surface area contributed by atoms with Gasteiger partial charge in [-0.25, -0.2) is 4.39 Å². The third-order valence-electron chi connectivity index (χ3n) is 2.86. The van der Waals surface area contributed by atoms with Gasteiger partial charge in [0, 0.05) is 5.56 Å². The highest BCUT2D eigenvalue weighted by Crippen LogP contribution is 2.27. The first-order valence-corrected chi connectivity index (χ1v) is 7.05. The van der Waals surface area contributed by atoms with E-state index in [1.165, 1.54) is 6.07 Å². The number of aryl methyl sites for hydroxylation is 1. The van der Waals surface area contributed by atoms with Crippen molar-refractivity contribution in [3.63, 3.8) is 0 Å². The molecule has 0 saturated carbocycles. The Morgan fingerprint density at radius 2 is 2.00 bits per heavy atom. The molecule has 0 N–H and O–H groups in total. The summed E-state index contributed by atoms with van der Waals surface area (Å²) in [6.07, 6.45) is 0. The number of halogens is 2. The molecule has 0 amide bonds. The molecule has 0 bridgehead atoms. The van der Waals surface area contributed by atoms with Crippen LogP contribution in [-0.4, -0.2) is 12.4 Å². The van der Waals surface area contributed by atoms with Crippen LogP contribution in [0.3, 0.4) is 0 Å². The van der Waals surface area contributed by atoms with Crippen LogP contribution in [0.25, 0.3) is 0 Å². The minimum Gasteiger partial charge on any atom is -0.493 e. The fourth-order valence-electron chi connectivity index (χ4n) is 1.88. The zero-order chi connectivity index (χ0) is 14.7. The molecule has 0 aliphatic heterocycles. The molecule has 2 aromatic carbocycles. The molecule has 0 spiro atoms. The fraction of sp³-hybridized carbons (Fsp3) is 0.188. The first-order chi connectivity index (χ1) is 9.52. The van der Waals surface area contributed by atoms with Gasteiger partial charge in [0.15, 0.2) is 5.78 Å². The molecule has 0 aliphatic rings. The third-order valence-corrected chi connectivity index (χ3v) is 3.48. The van der Waals surface area contributed by atoms with Gasteiger partial charge in [-0.15, -0.1) is 0 Å². The van der Waals surface area contributed by atoms with E-state index in [-0.39, 0.29) is 11.3 Å². The Hall–Kier alpha value is -1.68. The Balaban J connectivity index is 2.38. The summed E-state index contributed by atoms with van der Waals surface area (Å²) in [5, 5.41) is 0. The van der Waals surface area contributed by atoms with Gasteiger partial charge in [0.1, 0.15) is 11.6 Å². The van der Waals surface area contributed by atoms with Gasteiger partial charge in [0.25, 0.3) is 0 Å². The summed E-state index contributed by atoms with van der Waals surface area (Å²) in [4.78, 5) is 12.3. The van der Waals surface area contributed by atoms with Gasteiger partial charge < -0.3 is 4.74 Å². The highest BCUT2D eigenvalue weighted by Gasteiger charge is 2.15. The molecule has 0 aromatic heterocycles. The van der Waals surface area contributed by atoms with E-state index in [0.717, 1.165) is 5.56 Å². The predicted octanol–water partition coefficient (Wildman–Crippen LogP) is 4.53. The lowest BCUT2D eigenvalue weighted by atomic mass is 10.0. The van der Waals surface area contributed by atoms with Crippen molar-refractivity contribution in [2.75, 3.05) is 6.61 Å². The summed E-state index contributed by atoms with van der Waals surface area (Å²) in [6, 6.07) is 9.50. The van der Waals surface area contributed by atoms with Gasteiger partial charge in [0.2, 0.25) is 0 Å². The lowest BCUT2D eigenvalue weighted by Crippen LogP contribution is -2.05. The number of benzene rings is 2. The van der Waals surface area contributed by atoms with E-state index in [2.05, 4.69) is 15.9 Å². The molecule has 0 heterocycles. The molecule has 20 heavy (non-hydrogen) atoms. The molecule has 0 fully saturated rings. The van der Waals surface area contributed by atoms with Crippen molar-refractivity contribution in [3.8, 4) is 5.75 Å². The molecule has 0 aliphatic carbocycles. The predicted molar refractivity (Wildman–Crippen MR) is 79.9 cm³/mol. The minimum absolute atomic E-state index is 0.0843. The maximum absolute atomic E-state index is 13.7. The molecule has 0 unspecified atom stereocenters. The number of hydrogen-bond acceptors (Lipinski definition) is 2. The van der Waals surface area contributed by atoms with Crippen molar-refractivity contribution < 1.29 is 13.9 Å². The molecular weight excluding hydrogens is 323 g/mol. The van der Waals surface area contributed by atoms with Crippen LogP contribution in [0.5, 0.6) is 5.75 Å². The highest BCUT2D eigenvalue weighted by molar-refractivity contribution is 9.10. The van der Waals surface area contributed by atoms with E-state index in [1.54, 1.807) is 30.3 Å². The van der Waals surface area contributed by atoms with Crippen molar-refractivity contribution in [2.45, 2.75) is 13.8 Å². The van der Waals surface area contributed by atoms with Gasteiger partial charge >= 0.3 is 0 Å². The van der Waals surface area contributed by atoms with E-state index >= 15 is 0 Å². The van der Waals surface area contributed by atoms with Crippen molar-refractivity contribution in [3.05, 3.63) is 63.4 Å².